The van der Waals surface area contributed by atoms with Gasteiger partial charge in [0.2, 0.25) is 0 Å². The Kier molecular flexibility index (Phi) is 3.01. The molecule has 0 saturated carbocycles. The Morgan fingerprint density at radius 2 is 2.43 bits per heavy atom. The van der Waals surface area contributed by atoms with E-state index in [1.54, 1.807) is 0 Å². The topological polar surface area (TPSA) is 48.1 Å². The van der Waals surface area contributed by atoms with Gasteiger partial charge < -0.3 is 10.5 Å². The number of hydrogen-bond donors (Lipinski definition) is 1. The number of hydrogen-bond acceptors (Lipinski definition) is 3. The number of pyridine rings is 1. The smallest absolute Gasteiger partial charge is 0.133 e. The van der Waals surface area contributed by atoms with Gasteiger partial charge in [-0.15, -0.1) is 0 Å². The molecular weight excluding hydrogens is 200 g/mol. The van der Waals surface area contributed by atoms with E-state index in [4.69, 9.17) is 22.1 Å². The predicted octanol–water partition coefficient (Wildman–Crippen LogP) is 1.70. The van der Waals surface area contributed by atoms with E-state index >= 15 is 0 Å². The summed E-state index contributed by atoms with van der Waals surface area (Å²) in [4.78, 5) is 4.33. The van der Waals surface area contributed by atoms with Crippen LogP contribution in [0.2, 0.25) is 5.15 Å². The highest BCUT2D eigenvalue weighted by atomic mass is 35.5. The van der Waals surface area contributed by atoms with E-state index in [1.165, 1.54) is 0 Å². The predicted molar refractivity (Wildman–Crippen MR) is 55.3 cm³/mol. The molecule has 1 aliphatic heterocycles. The molecule has 0 spiro atoms. The second kappa shape index (κ2) is 4.26. The van der Waals surface area contributed by atoms with Crippen LogP contribution < -0.4 is 5.73 Å². The maximum atomic E-state index is 5.98. The Morgan fingerprint density at radius 3 is 3.00 bits per heavy atom. The summed E-state index contributed by atoms with van der Waals surface area (Å²) >= 11 is 5.98. The molecule has 1 aromatic heterocycles. The van der Waals surface area contributed by atoms with Crippen LogP contribution in [0.1, 0.15) is 23.6 Å². The molecule has 2 rings (SSSR count). The third kappa shape index (κ3) is 1.90. The van der Waals surface area contributed by atoms with Crippen molar-refractivity contribution in [3.63, 3.8) is 0 Å². The first-order valence-electron chi connectivity index (χ1n) is 4.74. The van der Waals surface area contributed by atoms with E-state index in [9.17, 15) is 0 Å². The van der Waals surface area contributed by atoms with Crippen LogP contribution in [-0.4, -0.2) is 18.2 Å². The van der Waals surface area contributed by atoms with Gasteiger partial charge in [-0.25, -0.2) is 4.98 Å². The van der Waals surface area contributed by atoms with E-state index in [2.05, 4.69) is 4.98 Å². The molecule has 1 unspecified atom stereocenters. The number of halogens is 1. The number of aromatic nitrogens is 1. The molecule has 0 aliphatic carbocycles. The van der Waals surface area contributed by atoms with Crippen molar-refractivity contribution in [1.29, 1.82) is 0 Å². The molecule has 1 saturated heterocycles. The van der Waals surface area contributed by atoms with Gasteiger partial charge in [-0.1, -0.05) is 17.7 Å². The molecule has 76 valence electrons. The molecule has 0 bridgehead atoms. The van der Waals surface area contributed by atoms with Crippen LogP contribution >= 0.6 is 11.6 Å². The van der Waals surface area contributed by atoms with Gasteiger partial charge in [0.15, 0.2) is 0 Å². The fourth-order valence-electron chi connectivity index (χ4n) is 1.62. The van der Waals surface area contributed by atoms with Crippen molar-refractivity contribution < 1.29 is 4.74 Å². The van der Waals surface area contributed by atoms with Crippen molar-refractivity contribution in [2.45, 2.75) is 18.9 Å². The molecule has 1 atom stereocenters. The first kappa shape index (κ1) is 9.90. The van der Waals surface area contributed by atoms with E-state index in [1.807, 2.05) is 12.1 Å². The van der Waals surface area contributed by atoms with E-state index in [0.717, 1.165) is 30.9 Å². The lowest BCUT2D eigenvalue weighted by Gasteiger charge is -2.08. The molecule has 1 aromatic rings. The SMILES string of the molecule is NCc1ccc(C2CCOC2)nc1Cl. The highest BCUT2D eigenvalue weighted by Gasteiger charge is 2.19. The zero-order chi connectivity index (χ0) is 9.97. The summed E-state index contributed by atoms with van der Waals surface area (Å²) in [7, 11) is 0. The molecule has 1 fully saturated rings. The average Bonchev–Trinajstić information content (AvgIpc) is 2.70. The molecule has 3 nitrogen and oxygen atoms in total. The maximum absolute atomic E-state index is 5.98. The lowest BCUT2D eigenvalue weighted by molar-refractivity contribution is 0.193. The van der Waals surface area contributed by atoms with Gasteiger partial charge in [-0.2, -0.15) is 0 Å². The van der Waals surface area contributed by atoms with E-state index < -0.39 is 0 Å². The number of ether oxygens (including phenoxy) is 1. The fraction of sp³-hybridized carbons (Fsp3) is 0.500. The van der Waals surface area contributed by atoms with Crippen LogP contribution in [0.4, 0.5) is 0 Å². The monoisotopic (exact) mass is 212 g/mol. The minimum absolute atomic E-state index is 0.402. The number of rotatable bonds is 2. The van der Waals surface area contributed by atoms with Crippen LogP contribution in [0.3, 0.4) is 0 Å². The van der Waals surface area contributed by atoms with Gasteiger partial charge in [-0.05, 0) is 12.5 Å². The summed E-state index contributed by atoms with van der Waals surface area (Å²) in [6, 6.07) is 3.94. The lowest BCUT2D eigenvalue weighted by Crippen LogP contribution is -2.04. The van der Waals surface area contributed by atoms with Crippen molar-refractivity contribution in [3.8, 4) is 0 Å². The van der Waals surface area contributed by atoms with Crippen LogP contribution in [-0.2, 0) is 11.3 Å². The normalized spacial score (nSPS) is 21.4. The Labute approximate surface area is 88.2 Å². The zero-order valence-corrected chi connectivity index (χ0v) is 8.63. The van der Waals surface area contributed by atoms with Crippen LogP contribution in [0.25, 0.3) is 0 Å². The lowest BCUT2D eigenvalue weighted by atomic mass is 10.0. The fourth-order valence-corrected chi connectivity index (χ4v) is 1.86. The third-order valence-electron chi connectivity index (χ3n) is 2.52. The van der Waals surface area contributed by atoms with Crippen LogP contribution in [0.5, 0.6) is 0 Å². The van der Waals surface area contributed by atoms with E-state index in [0.29, 0.717) is 17.6 Å². The van der Waals surface area contributed by atoms with Gasteiger partial charge in [0, 0.05) is 30.3 Å². The highest BCUT2D eigenvalue weighted by Crippen LogP contribution is 2.25. The van der Waals surface area contributed by atoms with Crippen molar-refractivity contribution in [1.82, 2.24) is 4.98 Å². The van der Waals surface area contributed by atoms with Gasteiger partial charge >= 0.3 is 0 Å². The summed E-state index contributed by atoms with van der Waals surface area (Å²) < 4.78 is 5.30. The molecule has 2 heterocycles. The van der Waals surface area contributed by atoms with Gasteiger partial charge in [-0.3, -0.25) is 0 Å². The van der Waals surface area contributed by atoms with Crippen LogP contribution in [0, 0.1) is 0 Å². The summed E-state index contributed by atoms with van der Waals surface area (Å²) in [6.07, 6.45) is 1.03. The summed E-state index contributed by atoms with van der Waals surface area (Å²) in [5.74, 6) is 0.402. The molecule has 2 N–H and O–H groups in total. The maximum Gasteiger partial charge on any atom is 0.133 e. The molecule has 4 heteroatoms. The van der Waals surface area contributed by atoms with Gasteiger partial charge in [0.1, 0.15) is 5.15 Å². The second-order valence-electron chi connectivity index (χ2n) is 3.45. The number of nitrogens with zero attached hydrogens (tertiary/aromatic N) is 1. The quantitative estimate of drug-likeness (QED) is 0.760. The summed E-state index contributed by atoms with van der Waals surface area (Å²) in [5, 5.41) is 0.525. The van der Waals surface area contributed by atoms with Gasteiger partial charge in [0.05, 0.1) is 6.61 Å². The summed E-state index contributed by atoms with van der Waals surface area (Å²) in [6.45, 7) is 2.02. The van der Waals surface area contributed by atoms with Gasteiger partial charge in [0.25, 0.3) is 0 Å². The molecular formula is C10H13ClN2O. The Balaban J connectivity index is 2.23. The first-order chi connectivity index (χ1) is 6.81. The molecule has 0 aromatic carbocycles. The minimum atomic E-state index is 0.402. The minimum Gasteiger partial charge on any atom is -0.381 e. The molecule has 1 aliphatic rings. The Hall–Kier alpha value is -0.640. The van der Waals surface area contributed by atoms with Crippen molar-refractivity contribution in [2.24, 2.45) is 5.73 Å². The zero-order valence-electron chi connectivity index (χ0n) is 7.87. The van der Waals surface area contributed by atoms with Crippen LogP contribution in [0.15, 0.2) is 12.1 Å². The molecule has 14 heavy (non-hydrogen) atoms. The average molecular weight is 213 g/mol. The Bertz CT molecular complexity index is 324. The largest absolute Gasteiger partial charge is 0.381 e. The van der Waals surface area contributed by atoms with Crippen molar-refractivity contribution >= 4 is 11.6 Å². The van der Waals surface area contributed by atoms with Crippen molar-refractivity contribution in [2.75, 3.05) is 13.2 Å². The molecule has 0 amide bonds. The number of nitrogens with two attached hydrogens (primary N) is 1. The summed E-state index contributed by atoms with van der Waals surface area (Å²) in [5.41, 5.74) is 7.42. The second-order valence-corrected chi connectivity index (χ2v) is 3.81. The van der Waals surface area contributed by atoms with E-state index in [-0.39, 0.29) is 0 Å². The first-order valence-corrected chi connectivity index (χ1v) is 5.12. The standard InChI is InChI=1S/C10H13ClN2O/c11-10-7(5-12)1-2-9(13-10)8-3-4-14-6-8/h1-2,8H,3-6,12H2. The molecule has 0 radical (unpaired) electrons. The third-order valence-corrected chi connectivity index (χ3v) is 2.84. The van der Waals surface area contributed by atoms with Crippen molar-refractivity contribution in [3.05, 3.63) is 28.5 Å². The highest BCUT2D eigenvalue weighted by molar-refractivity contribution is 6.30. The Morgan fingerprint density at radius 1 is 1.57 bits per heavy atom.